The zero-order chi connectivity index (χ0) is 14.2. The number of aryl methyl sites for hydroxylation is 2. The van der Waals surface area contributed by atoms with E-state index in [4.69, 9.17) is 17.3 Å². The number of halogens is 3. The Bertz CT molecular complexity index is 603. The zero-order valence-corrected chi connectivity index (χ0v) is 12.8. The number of hydrogen-bond acceptors (Lipinski definition) is 3. The first-order valence-electron chi connectivity index (χ1n) is 5.68. The summed E-state index contributed by atoms with van der Waals surface area (Å²) in [6.07, 6.45) is 0. The molecule has 1 aromatic carbocycles. The molecule has 102 valence electrons. The number of nitrogen functional groups attached to an aromatic ring is 1. The minimum Gasteiger partial charge on any atom is -0.394 e. The number of nitrogens with two attached hydrogens (primary N) is 1. The maximum atomic E-state index is 13.2. The molecule has 3 N–H and O–H groups in total. The Morgan fingerprint density at radius 3 is 2.79 bits per heavy atom. The van der Waals surface area contributed by atoms with Gasteiger partial charge in [-0.15, -0.1) is 0 Å². The number of aromatic nitrogens is 2. The molecule has 2 aromatic rings. The van der Waals surface area contributed by atoms with E-state index in [1.807, 2.05) is 13.8 Å². The van der Waals surface area contributed by atoms with E-state index in [0.29, 0.717) is 28.2 Å². The van der Waals surface area contributed by atoms with Crippen LogP contribution in [0, 0.1) is 12.7 Å². The molecule has 0 unspecified atom stereocenters. The maximum Gasteiger partial charge on any atom is 0.152 e. The molecule has 0 saturated carbocycles. The first-order chi connectivity index (χ1) is 8.93. The van der Waals surface area contributed by atoms with Gasteiger partial charge in [0.15, 0.2) is 5.82 Å². The molecule has 0 aliphatic carbocycles. The maximum absolute atomic E-state index is 13.2. The van der Waals surface area contributed by atoms with E-state index in [0.717, 1.165) is 5.69 Å². The summed E-state index contributed by atoms with van der Waals surface area (Å²) in [5.41, 5.74) is 7.82. The first-order valence-corrected chi connectivity index (χ1v) is 6.85. The molecular formula is C12H13BrClFN4. The van der Waals surface area contributed by atoms with Crippen molar-refractivity contribution in [1.29, 1.82) is 0 Å². The largest absolute Gasteiger partial charge is 0.394 e. The van der Waals surface area contributed by atoms with Gasteiger partial charge in [-0.3, -0.25) is 0 Å². The molecule has 1 aromatic heterocycles. The number of anilines is 3. The van der Waals surface area contributed by atoms with E-state index >= 15 is 0 Å². The molecule has 1 heterocycles. The summed E-state index contributed by atoms with van der Waals surface area (Å²) in [5.74, 6) is 0.241. The molecule has 0 aliphatic heterocycles. The van der Waals surface area contributed by atoms with Gasteiger partial charge in [-0.05, 0) is 41.9 Å². The number of nitrogens with zero attached hydrogens (tertiary/aromatic N) is 2. The van der Waals surface area contributed by atoms with Gasteiger partial charge in [-0.2, -0.15) is 5.10 Å². The van der Waals surface area contributed by atoms with E-state index in [1.165, 1.54) is 12.1 Å². The molecule has 0 radical (unpaired) electrons. The Balaban J connectivity index is 2.47. The highest BCUT2D eigenvalue weighted by Gasteiger charge is 2.15. The summed E-state index contributed by atoms with van der Waals surface area (Å²) in [4.78, 5) is 0. The summed E-state index contributed by atoms with van der Waals surface area (Å²) in [6.45, 7) is 4.45. The average molecular weight is 348 g/mol. The van der Waals surface area contributed by atoms with Crippen LogP contribution in [-0.4, -0.2) is 9.78 Å². The molecule has 0 aliphatic rings. The molecule has 4 nitrogen and oxygen atoms in total. The molecule has 0 bridgehead atoms. The minimum absolute atomic E-state index is 0.271. The lowest BCUT2D eigenvalue weighted by Crippen LogP contribution is -2.05. The Kier molecular flexibility index (Phi) is 4.01. The van der Waals surface area contributed by atoms with Gasteiger partial charge in [0.2, 0.25) is 0 Å². The van der Waals surface area contributed by atoms with Gasteiger partial charge in [0.05, 0.1) is 22.1 Å². The van der Waals surface area contributed by atoms with Crippen LogP contribution in [0.2, 0.25) is 5.02 Å². The number of hydrogen-bond donors (Lipinski definition) is 2. The highest BCUT2D eigenvalue weighted by Crippen LogP contribution is 2.36. The Hall–Kier alpha value is -1.27. The highest BCUT2D eigenvalue weighted by molar-refractivity contribution is 9.10. The molecule has 0 amide bonds. The Morgan fingerprint density at radius 1 is 1.53 bits per heavy atom. The number of nitrogens with one attached hydrogen (secondary N) is 1. The molecular weight excluding hydrogens is 335 g/mol. The van der Waals surface area contributed by atoms with Crippen LogP contribution in [0.1, 0.15) is 12.6 Å². The normalized spacial score (nSPS) is 10.8. The van der Waals surface area contributed by atoms with Crippen LogP contribution in [0.25, 0.3) is 0 Å². The third-order valence-electron chi connectivity index (χ3n) is 2.72. The lowest BCUT2D eigenvalue weighted by Gasteiger charge is -2.12. The SMILES string of the molecule is CCn1nc(C)c(N)c1Nc1c(Cl)cc(F)cc1Br. The molecule has 7 heteroatoms. The molecule has 0 atom stereocenters. The molecule has 19 heavy (non-hydrogen) atoms. The van der Waals surface area contributed by atoms with Crippen molar-refractivity contribution >= 4 is 44.7 Å². The van der Waals surface area contributed by atoms with Crippen molar-refractivity contribution in [1.82, 2.24) is 9.78 Å². The summed E-state index contributed by atoms with van der Waals surface area (Å²) in [5, 5.41) is 7.68. The van der Waals surface area contributed by atoms with Crippen LogP contribution >= 0.6 is 27.5 Å². The highest BCUT2D eigenvalue weighted by atomic mass is 79.9. The van der Waals surface area contributed by atoms with Gasteiger partial charge < -0.3 is 11.1 Å². The van der Waals surface area contributed by atoms with Crippen molar-refractivity contribution in [2.75, 3.05) is 11.1 Å². The smallest absolute Gasteiger partial charge is 0.152 e. The van der Waals surface area contributed by atoms with Gasteiger partial charge in [-0.25, -0.2) is 9.07 Å². The lowest BCUT2D eigenvalue weighted by molar-refractivity contribution is 0.627. The third-order valence-corrected chi connectivity index (χ3v) is 3.65. The van der Waals surface area contributed by atoms with Crippen molar-refractivity contribution in [3.63, 3.8) is 0 Å². The monoisotopic (exact) mass is 346 g/mol. The van der Waals surface area contributed by atoms with Gasteiger partial charge in [0, 0.05) is 11.0 Å². The Labute approximate surface area is 123 Å². The first kappa shape index (κ1) is 14.1. The standard InChI is InChI=1S/C12H13BrClFN4/c1-3-19-12(10(16)6(2)18-19)17-11-8(13)4-7(15)5-9(11)14/h4-5,17H,3,16H2,1-2H3. The van der Waals surface area contributed by atoms with E-state index in [9.17, 15) is 4.39 Å². The van der Waals surface area contributed by atoms with E-state index in [1.54, 1.807) is 4.68 Å². The average Bonchev–Trinajstić information content (AvgIpc) is 2.60. The van der Waals surface area contributed by atoms with Crippen LogP contribution in [0.3, 0.4) is 0 Å². The van der Waals surface area contributed by atoms with Gasteiger partial charge >= 0.3 is 0 Å². The number of rotatable bonds is 3. The second-order valence-corrected chi connectivity index (χ2v) is 5.29. The molecule has 0 spiro atoms. The topological polar surface area (TPSA) is 55.9 Å². The van der Waals surface area contributed by atoms with Crippen LogP contribution < -0.4 is 11.1 Å². The summed E-state index contributed by atoms with van der Waals surface area (Å²) in [6, 6.07) is 2.58. The summed E-state index contributed by atoms with van der Waals surface area (Å²) < 4.78 is 15.5. The lowest BCUT2D eigenvalue weighted by atomic mass is 10.3. The van der Waals surface area contributed by atoms with Crippen LogP contribution in [0.4, 0.5) is 21.6 Å². The second-order valence-electron chi connectivity index (χ2n) is 4.03. The predicted molar refractivity (Wildman–Crippen MR) is 79.4 cm³/mol. The van der Waals surface area contributed by atoms with E-state index in [-0.39, 0.29) is 5.02 Å². The predicted octanol–water partition coefficient (Wildman–Crippen LogP) is 4.09. The molecule has 0 saturated heterocycles. The third kappa shape index (κ3) is 2.69. The quantitative estimate of drug-likeness (QED) is 0.879. The number of benzene rings is 1. The van der Waals surface area contributed by atoms with Gasteiger partial charge in [-0.1, -0.05) is 11.6 Å². The van der Waals surface area contributed by atoms with Crippen molar-refractivity contribution in [3.8, 4) is 0 Å². The summed E-state index contributed by atoms with van der Waals surface area (Å²) >= 11 is 9.31. The fourth-order valence-corrected chi connectivity index (χ4v) is 2.63. The van der Waals surface area contributed by atoms with Crippen molar-refractivity contribution in [3.05, 3.63) is 33.1 Å². The van der Waals surface area contributed by atoms with Crippen molar-refractivity contribution in [2.24, 2.45) is 0 Å². The van der Waals surface area contributed by atoms with Crippen molar-refractivity contribution in [2.45, 2.75) is 20.4 Å². The molecule has 0 fully saturated rings. The minimum atomic E-state index is -0.407. The van der Waals surface area contributed by atoms with Crippen LogP contribution in [0.15, 0.2) is 16.6 Å². The van der Waals surface area contributed by atoms with Crippen LogP contribution in [0.5, 0.6) is 0 Å². The zero-order valence-electron chi connectivity index (χ0n) is 10.5. The summed E-state index contributed by atoms with van der Waals surface area (Å²) in [7, 11) is 0. The van der Waals surface area contributed by atoms with E-state index in [2.05, 4.69) is 26.3 Å². The van der Waals surface area contributed by atoms with Crippen LogP contribution in [-0.2, 0) is 6.54 Å². The van der Waals surface area contributed by atoms with Crippen molar-refractivity contribution < 1.29 is 4.39 Å². The fourth-order valence-electron chi connectivity index (χ4n) is 1.74. The second kappa shape index (κ2) is 5.38. The van der Waals surface area contributed by atoms with E-state index < -0.39 is 5.82 Å². The van der Waals surface area contributed by atoms with Gasteiger partial charge in [0.1, 0.15) is 5.82 Å². The Morgan fingerprint density at radius 2 is 2.21 bits per heavy atom. The fraction of sp³-hybridized carbons (Fsp3) is 0.250. The van der Waals surface area contributed by atoms with Gasteiger partial charge in [0.25, 0.3) is 0 Å². The molecule has 2 rings (SSSR count).